The van der Waals surface area contributed by atoms with E-state index in [-0.39, 0.29) is 18.2 Å². The number of benzene rings is 1. The smallest absolute Gasteiger partial charge is 0.229 e. The van der Waals surface area contributed by atoms with Crippen molar-refractivity contribution < 1.29 is 9.59 Å². The van der Waals surface area contributed by atoms with Crippen molar-refractivity contribution in [3.8, 4) is 0 Å². The highest BCUT2D eigenvalue weighted by Crippen LogP contribution is 2.02. The monoisotopic (exact) mass is 297 g/mol. The summed E-state index contributed by atoms with van der Waals surface area (Å²) in [4.78, 5) is 27.3. The molecule has 0 saturated heterocycles. The summed E-state index contributed by atoms with van der Waals surface area (Å²) in [7, 11) is 0. The van der Waals surface area contributed by atoms with Gasteiger partial charge in [0.1, 0.15) is 6.42 Å². The average Bonchev–Trinajstić information content (AvgIpc) is 2.53. The predicted molar refractivity (Wildman–Crippen MR) is 83.7 cm³/mol. The number of carbonyl (C=O) groups excluding carboxylic acids is 2. The van der Waals surface area contributed by atoms with E-state index in [2.05, 4.69) is 15.6 Å². The van der Waals surface area contributed by atoms with Crippen molar-refractivity contribution in [3.63, 3.8) is 0 Å². The minimum absolute atomic E-state index is 0.170. The summed E-state index contributed by atoms with van der Waals surface area (Å²) in [5.74, 6) is -0.578. The van der Waals surface area contributed by atoms with Gasteiger partial charge in [-0.1, -0.05) is 29.8 Å². The standard InChI is InChI=1S/C17H19N3O2/c1-13-2-4-14(5-3-13)11-19-16(21)10-17(22)20-12-15-6-8-18-9-7-15/h2-9H,10-12H2,1H3,(H,19,21)(H,20,22). The lowest BCUT2D eigenvalue weighted by Gasteiger charge is -2.07. The molecule has 1 aromatic carbocycles. The summed E-state index contributed by atoms with van der Waals surface area (Å²) in [5.41, 5.74) is 3.13. The number of nitrogens with one attached hydrogen (secondary N) is 2. The van der Waals surface area contributed by atoms with Crippen LogP contribution in [0.4, 0.5) is 0 Å². The first-order chi connectivity index (χ1) is 10.6. The molecule has 0 radical (unpaired) electrons. The Kier molecular flexibility index (Phi) is 5.65. The first-order valence-corrected chi connectivity index (χ1v) is 7.11. The molecule has 1 aromatic heterocycles. The average molecular weight is 297 g/mol. The third kappa shape index (κ3) is 5.36. The van der Waals surface area contributed by atoms with Gasteiger partial charge in [0.25, 0.3) is 0 Å². The van der Waals surface area contributed by atoms with Crippen molar-refractivity contribution in [2.75, 3.05) is 0 Å². The largest absolute Gasteiger partial charge is 0.352 e. The fourth-order valence-electron chi connectivity index (χ4n) is 1.88. The molecule has 2 aromatic rings. The molecule has 2 amide bonds. The van der Waals surface area contributed by atoms with Crippen LogP contribution in [0.2, 0.25) is 0 Å². The lowest BCUT2D eigenvalue weighted by molar-refractivity contribution is -0.129. The Morgan fingerprint density at radius 2 is 1.36 bits per heavy atom. The van der Waals surface area contributed by atoms with Gasteiger partial charge >= 0.3 is 0 Å². The Morgan fingerprint density at radius 1 is 0.864 bits per heavy atom. The Bertz CT molecular complexity index is 624. The summed E-state index contributed by atoms with van der Waals surface area (Å²) < 4.78 is 0. The quantitative estimate of drug-likeness (QED) is 0.797. The molecule has 0 spiro atoms. The number of aromatic nitrogens is 1. The Labute approximate surface area is 129 Å². The van der Waals surface area contributed by atoms with E-state index in [4.69, 9.17) is 0 Å². The summed E-state index contributed by atoms with van der Waals surface area (Å²) in [6, 6.07) is 11.5. The minimum atomic E-state index is -0.293. The van der Waals surface area contributed by atoms with Crippen LogP contribution in [0, 0.1) is 6.92 Å². The van der Waals surface area contributed by atoms with Gasteiger partial charge in [-0.15, -0.1) is 0 Å². The normalized spacial score (nSPS) is 10.0. The van der Waals surface area contributed by atoms with Crippen LogP contribution in [0.25, 0.3) is 0 Å². The van der Waals surface area contributed by atoms with Crippen LogP contribution >= 0.6 is 0 Å². The van der Waals surface area contributed by atoms with Gasteiger partial charge in [-0.3, -0.25) is 14.6 Å². The molecular formula is C17H19N3O2. The highest BCUT2D eigenvalue weighted by Gasteiger charge is 2.08. The molecule has 114 valence electrons. The maximum absolute atomic E-state index is 11.7. The topological polar surface area (TPSA) is 71.1 Å². The van der Waals surface area contributed by atoms with Crippen LogP contribution in [0.3, 0.4) is 0 Å². The van der Waals surface area contributed by atoms with Crippen molar-refractivity contribution >= 4 is 11.8 Å². The summed E-state index contributed by atoms with van der Waals surface area (Å²) >= 11 is 0. The van der Waals surface area contributed by atoms with E-state index < -0.39 is 0 Å². The molecule has 5 nitrogen and oxygen atoms in total. The first kappa shape index (κ1) is 15.7. The van der Waals surface area contributed by atoms with Gasteiger partial charge < -0.3 is 10.6 Å². The van der Waals surface area contributed by atoms with Crippen molar-refractivity contribution in [2.45, 2.75) is 26.4 Å². The molecular weight excluding hydrogens is 278 g/mol. The maximum Gasteiger partial charge on any atom is 0.229 e. The van der Waals surface area contributed by atoms with Crippen LogP contribution in [0.5, 0.6) is 0 Å². The van der Waals surface area contributed by atoms with Gasteiger partial charge in [0.15, 0.2) is 0 Å². The van der Waals surface area contributed by atoms with Gasteiger partial charge in [0.2, 0.25) is 11.8 Å². The number of rotatable bonds is 6. The van der Waals surface area contributed by atoms with Crippen molar-refractivity contribution in [2.24, 2.45) is 0 Å². The molecule has 0 saturated carbocycles. The molecule has 0 atom stereocenters. The number of hydrogen-bond donors (Lipinski definition) is 2. The van der Waals surface area contributed by atoms with E-state index in [1.807, 2.05) is 43.3 Å². The van der Waals surface area contributed by atoms with Crippen molar-refractivity contribution in [1.29, 1.82) is 0 Å². The zero-order chi connectivity index (χ0) is 15.8. The molecule has 1 heterocycles. The number of pyridine rings is 1. The molecule has 2 N–H and O–H groups in total. The van der Waals surface area contributed by atoms with Gasteiger partial charge in [0.05, 0.1) is 0 Å². The van der Waals surface area contributed by atoms with Crippen LogP contribution < -0.4 is 10.6 Å². The maximum atomic E-state index is 11.7. The third-order valence-electron chi connectivity index (χ3n) is 3.17. The highest BCUT2D eigenvalue weighted by atomic mass is 16.2. The Hall–Kier alpha value is -2.69. The van der Waals surface area contributed by atoms with Crippen LogP contribution in [0.1, 0.15) is 23.1 Å². The van der Waals surface area contributed by atoms with Gasteiger partial charge in [-0.05, 0) is 30.2 Å². The second-order valence-corrected chi connectivity index (χ2v) is 5.07. The Morgan fingerprint density at radius 3 is 1.91 bits per heavy atom. The minimum Gasteiger partial charge on any atom is -0.352 e. The highest BCUT2D eigenvalue weighted by molar-refractivity contribution is 5.96. The number of carbonyl (C=O) groups is 2. The van der Waals surface area contributed by atoms with E-state index >= 15 is 0 Å². The fourth-order valence-corrected chi connectivity index (χ4v) is 1.88. The molecule has 0 aliphatic carbocycles. The number of hydrogen-bond acceptors (Lipinski definition) is 3. The molecule has 0 unspecified atom stereocenters. The second kappa shape index (κ2) is 7.93. The lowest BCUT2D eigenvalue weighted by Crippen LogP contribution is -2.31. The molecule has 0 aliphatic rings. The molecule has 0 bridgehead atoms. The predicted octanol–water partition coefficient (Wildman–Crippen LogP) is 1.71. The van der Waals surface area contributed by atoms with Crippen molar-refractivity contribution in [1.82, 2.24) is 15.6 Å². The summed E-state index contributed by atoms with van der Waals surface area (Å²) in [6.45, 7) is 2.83. The SMILES string of the molecule is Cc1ccc(CNC(=O)CC(=O)NCc2ccncc2)cc1. The van der Waals surface area contributed by atoms with Crippen LogP contribution in [0.15, 0.2) is 48.8 Å². The van der Waals surface area contributed by atoms with Crippen LogP contribution in [-0.2, 0) is 22.7 Å². The Balaban J connectivity index is 1.70. The summed E-state index contributed by atoms with van der Waals surface area (Å²) in [5, 5.41) is 5.45. The van der Waals surface area contributed by atoms with Gasteiger partial charge in [-0.2, -0.15) is 0 Å². The second-order valence-electron chi connectivity index (χ2n) is 5.07. The zero-order valence-electron chi connectivity index (χ0n) is 12.5. The van der Waals surface area contributed by atoms with Gasteiger partial charge in [-0.25, -0.2) is 0 Å². The van der Waals surface area contributed by atoms with E-state index in [9.17, 15) is 9.59 Å². The van der Waals surface area contributed by atoms with Crippen LogP contribution in [-0.4, -0.2) is 16.8 Å². The van der Waals surface area contributed by atoms with E-state index in [1.54, 1.807) is 12.4 Å². The van der Waals surface area contributed by atoms with E-state index in [0.717, 1.165) is 11.1 Å². The number of nitrogens with zero attached hydrogens (tertiary/aromatic N) is 1. The van der Waals surface area contributed by atoms with Crippen molar-refractivity contribution in [3.05, 3.63) is 65.5 Å². The third-order valence-corrected chi connectivity index (χ3v) is 3.17. The van der Waals surface area contributed by atoms with E-state index in [0.29, 0.717) is 13.1 Å². The first-order valence-electron chi connectivity index (χ1n) is 7.11. The van der Waals surface area contributed by atoms with E-state index in [1.165, 1.54) is 5.56 Å². The fraction of sp³-hybridized carbons (Fsp3) is 0.235. The lowest BCUT2D eigenvalue weighted by atomic mass is 10.1. The molecule has 2 rings (SSSR count). The molecule has 5 heteroatoms. The summed E-state index contributed by atoms with van der Waals surface area (Å²) in [6.07, 6.45) is 3.16. The number of aryl methyl sites for hydroxylation is 1. The van der Waals surface area contributed by atoms with Gasteiger partial charge in [0, 0.05) is 25.5 Å². The molecule has 22 heavy (non-hydrogen) atoms. The molecule has 0 aliphatic heterocycles. The molecule has 0 fully saturated rings. The number of amides is 2. The zero-order valence-corrected chi connectivity index (χ0v) is 12.5.